The number of rotatable bonds is 3. The summed E-state index contributed by atoms with van der Waals surface area (Å²) in [6.45, 7) is 0. The lowest BCUT2D eigenvalue weighted by molar-refractivity contribution is -0.140. The minimum atomic E-state index is -4.75. The highest BCUT2D eigenvalue weighted by atomic mass is 32.1. The number of hydrogen-bond donors (Lipinski definition) is 0. The summed E-state index contributed by atoms with van der Waals surface area (Å²) in [4.78, 5) is 12.6. The number of benzene rings is 1. The molecule has 0 aliphatic carbocycles. The molecule has 1 aromatic heterocycles. The summed E-state index contributed by atoms with van der Waals surface area (Å²) < 4.78 is 50.4. The van der Waals surface area contributed by atoms with Crippen LogP contribution < -0.4 is 0 Å². The van der Waals surface area contributed by atoms with E-state index in [1.807, 2.05) is 0 Å². The van der Waals surface area contributed by atoms with E-state index >= 15 is 0 Å². The molecular weight excluding hydrogens is 280 g/mol. The van der Waals surface area contributed by atoms with Crippen LogP contribution in [0.1, 0.15) is 20.8 Å². The molecule has 6 heteroatoms. The number of hydrogen-bond acceptors (Lipinski definition) is 2. The highest BCUT2D eigenvalue weighted by Crippen LogP contribution is 2.31. The smallest absolute Gasteiger partial charge is 0.294 e. The largest absolute Gasteiger partial charge is 0.419 e. The number of alkyl halides is 3. The van der Waals surface area contributed by atoms with Crippen molar-refractivity contribution < 1.29 is 22.4 Å². The van der Waals surface area contributed by atoms with Crippen LogP contribution in [0.25, 0.3) is 0 Å². The SMILES string of the molecule is O=C(Cc1cccs1)c1ccc(C(F)(F)F)c(F)c1. The number of carbonyl (C=O) groups excluding carboxylic acids is 1. The van der Waals surface area contributed by atoms with E-state index < -0.39 is 23.3 Å². The van der Waals surface area contributed by atoms with Gasteiger partial charge in [-0.2, -0.15) is 13.2 Å². The Morgan fingerprint density at radius 3 is 2.47 bits per heavy atom. The first-order chi connectivity index (χ1) is 8.88. The van der Waals surface area contributed by atoms with E-state index in [1.165, 1.54) is 11.3 Å². The summed E-state index contributed by atoms with van der Waals surface area (Å²) in [5.74, 6) is -1.83. The van der Waals surface area contributed by atoms with E-state index in [0.717, 1.165) is 10.9 Å². The second-order valence-corrected chi connectivity index (χ2v) is 4.90. The van der Waals surface area contributed by atoms with Crippen LogP contribution in [0.2, 0.25) is 0 Å². The molecule has 0 amide bonds. The quantitative estimate of drug-likeness (QED) is 0.607. The van der Waals surface area contributed by atoms with Crippen molar-refractivity contribution in [3.63, 3.8) is 0 Å². The van der Waals surface area contributed by atoms with Gasteiger partial charge >= 0.3 is 6.18 Å². The Morgan fingerprint density at radius 1 is 1.21 bits per heavy atom. The number of Topliss-reactive ketones (excluding diaryl/α,β-unsaturated/α-hetero) is 1. The average molecular weight is 288 g/mol. The highest BCUT2D eigenvalue weighted by Gasteiger charge is 2.34. The zero-order valence-electron chi connectivity index (χ0n) is 9.50. The van der Waals surface area contributed by atoms with Crippen molar-refractivity contribution in [1.82, 2.24) is 0 Å². The van der Waals surface area contributed by atoms with E-state index in [1.54, 1.807) is 17.5 Å². The van der Waals surface area contributed by atoms with Crippen molar-refractivity contribution in [2.24, 2.45) is 0 Å². The zero-order valence-corrected chi connectivity index (χ0v) is 10.3. The lowest BCUT2D eigenvalue weighted by Crippen LogP contribution is -2.10. The number of thiophene rings is 1. The average Bonchev–Trinajstić information content (AvgIpc) is 2.79. The lowest BCUT2D eigenvalue weighted by Gasteiger charge is -2.08. The molecular formula is C13H8F4OS. The molecule has 1 nitrogen and oxygen atoms in total. The first-order valence-electron chi connectivity index (χ1n) is 5.30. The number of ketones is 1. The van der Waals surface area contributed by atoms with E-state index in [0.29, 0.717) is 12.1 Å². The minimum absolute atomic E-state index is 0.0566. The summed E-state index contributed by atoms with van der Waals surface area (Å²) >= 11 is 1.36. The van der Waals surface area contributed by atoms with Crippen molar-refractivity contribution in [2.45, 2.75) is 12.6 Å². The molecule has 0 saturated carbocycles. The fraction of sp³-hybridized carbons (Fsp3) is 0.154. The Hall–Kier alpha value is -1.69. The van der Waals surface area contributed by atoms with Gasteiger partial charge in [-0.25, -0.2) is 4.39 Å². The molecule has 100 valence electrons. The van der Waals surface area contributed by atoms with Crippen LogP contribution in [0, 0.1) is 5.82 Å². The van der Waals surface area contributed by atoms with Crippen LogP contribution >= 0.6 is 11.3 Å². The molecule has 0 radical (unpaired) electrons. The fourth-order valence-electron chi connectivity index (χ4n) is 1.59. The summed E-state index contributed by atoms with van der Waals surface area (Å²) in [6.07, 6.45) is -4.69. The molecule has 0 N–H and O–H groups in total. The molecule has 2 aromatic rings. The van der Waals surface area contributed by atoms with Crippen molar-refractivity contribution in [3.05, 3.63) is 57.5 Å². The predicted molar refractivity (Wildman–Crippen MR) is 63.8 cm³/mol. The van der Waals surface area contributed by atoms with Gasteiger partial charge in [-0.05, 0) is 23.6 Å². The first kappa shape index (κ1) is 13.7. The van der Waals surface area contributed by atoms with Crippen LogP contribution in [-0.4, -0.2) is 5.78 Å². The second-order valence-electron chi connectivity index (χ2n) is 3.87. The third-order valence-corrected chi connectivity index (χ3v) is 3.39. The maximum atomic E-state index is 13.3. The summed E-state index contributed by atoms with van der Waals surface area (Å²) in [5.41, 5.74) is -1.42. The lowest BCUT2D eigenvalue weighted by atomic mass is 10.0. The molecule has 1 aromatic carbocycles. The monoisotopic (exact) mass is 288 g/mol. The van der Waals surface area contributed by atoms with E-state index in [-0.39, 0.29) is 12.0 Å². The standard InChI is InChI=1S/C13H8F4OS/c14-11-6-8(3-4-10(11)13(15,16)17)12(18)7-9-2-1-5-19-9/h1-6H,7H2. The van der Waals surface area contributed by atoms with Gasteiger partial charge in [0.25, 0.3) is 0 Å². The minimum Gasteiger partial charge on any atom is -0.294 e. The predicted octanol–water partition coefficient (Wildman–Crippen LogP) is 4.33. The Bertz CT molecular complexity index is 587. The van der Waals surface area contributed by atoms with Gasteiger partial charge < -0.3 is 0 Å². The van der Waals surface area contributed by atoms with Crippen molar-refractivity contribution in [2.75, 3.05) is 0 Å². The van der Waals surface area contributed by atoms with Gasteiger partial charge in [0.1, 0.15) is 5.82 Å². The van der Waals surface area contributed by atoms with Crippen LogP contribution in [0.15, 0.2) is 35.7 Å². The first-order valence-corrected chi connectivity index (χ1v) is 6.18. The van der Waals surface area contributed by atoms with Gasteiger partial charge in [0, 0.05) is 16.9 Å². The van der Waals surface area contributed by atoms with Gasteiger partial charge in [-0.15, -0.1) is 11.3 Å². The third-order valence-electron chi connectivity index (χ3n) is 2.51. The van der Waals surface area contributed by atoms with Crippen LogP contribution in [0.5, 0.6) is 0 Å². The van der Waals surface area contributed by atoms with Gasteiger partial charge in [-0.1, -0.05) is 12.1 Å². The van der Waals surface area contributed by atoms with Gasteiger partial charge in [0.15, 0.2) is 5.78 Å². The van der Waals surface area contributed by atoms with Gasteiger partial charge in [-0.3, -0.25) is 4.79 Å². The Balaban J connectivity index is 2.22. The molecule has 0 aliphatic rings. The maximum Gasteiger partial charge on any atom is 0.419 e. The maximum absolute atomic E-state index is 13.3. The van der Waals surface area contributed by atoms with E-state index in [4.69, 9.17) is 0 Å². The second kappa shape index (κ2) is 5.13. The molecule has 0 aliphatic heterocycles. The molecule has 0 atom stereocenters. The summed E-state index contributed by atoms with van der Waals surface area (Å²) in [7, 11) is 0. The highest BCUT2D eigenvalue weighted by molar-refractivity contribution is 7.10. The normalized spacial score (nSPS) is 11.6. The molecule has 0 fully saturated rings. The Labute approximate surface area is 110 Å². The van der Waals surface area contributed by atoms with Crippen LogP contribution in [0.3, 0.4) is 0 Å². The molecule has 0 unspecified atom stereocenters. The van der Waals surface area contributed by atoms with Crippen LogP contribution in [0.4, 0.5) is 17.6 Å². The van der Waals surface area contributed by atoms with E-state index in [2.05, 4.69) is 0 Å². The topological polar surface area (TPSA) is 17.1 Å². The molecule has 0 saturated heterocycles. The van der Waals surface area contributed by atoms with Crippen molar-refractivity contribution in [1.29, 1.82) is 0 Å². The number of carbonyl (C=O) groups is 1. The molecule has 1 heterocycles. The molecule has 19 heavy (non-hydrogen) atoms. The zero-order chi connectivity index (χ0) is 14.0. The molecule has 2 rings (SSSR count). The van der Waals surface area contributed by atoms with Crippen molar-refractivity contribution in [3.8, 4) is 0 Å². The van der Waals surface area contributed by atoms with E-state index in [9.17, 15) is 22.4 Å². The molecule has 0 bridgehead atoms. The number of halogens is 4. The summed E-state index contributed by atoms with van der Waals surface area (Å²) in [5, 5.41) is 1.79. The van der Waals surface area contributed by atoms with Gasteiger partial charge in [0.2, 0.25) is 0 Å². The van der Waals surface area contributed by atoms with Crippen molar-refractivity contribution >= 4 is 17.1 Å². The Kier molecular flexibility index (Phi) is 3.71. The van der Waals surface area contributed by atoms with Gasteiger partial charge in [0.05, 0.1) is 5.56 Å². The third kappa shape index (κ3) is 3.20. The Morgan fingerprint density at radius 2 is 1.95 bits per heavy atom. The molecule has 0 spiro atoms. The fourth-order valence-corrected chi connectivity index (χ4v) is 2.30. The summed E-state index contributed by atoms with van der Waals surface area (Å²) in [6, 6.07) is 5.74. The van der Waals surface area contributed by atoms with Crippen LogP contribution in [-0.2, 0) is 12.6 Å².